The minimum absolute atomic E-state index is 0. The maximum absolute atomic E-state index is 2.34. The lowest BCUT2D eigenvalue weighted by molar-refractivity contribution is 0.589. The summed E-state index contributed by atoms with van der Waals surface area (Å²) in [4.78, 5) is 0. The quantitative estimate of drug-likeness (QED) is 0.546. The van der Waals surface area contributed by atoms with E-state index in [4.69, 9.17) is 0 Å². The second kappa shape index (κ2) is 7.61. The van der Waals surface area contributed by atoms with Gasteiger partial charge in [-0.3, -0.25) is 0 Å². The Kier molecular flexibility index (Phi) is 7.28. The first-order valence-corrected chi connectivity index (χ1v) is 7.18. The van der Waals surface area contributed by atoms with Crippen molar-refractivity contribution < 1.29 is 0 Å². The lowest BCUT2D eigenvalue weighted by Crippen LogP contribution is -2.10. The van der Waals surface area contributed by atoms with Gasteiger partial charge in [0.05, 0.1) is 0 Å². The number of rotatable bonds is 1. The van der Waals surface area contributed by atoms with Gasteiger partial charge in [-0.15, -0.1) is 0 Å². The molecule has 0 heteroatoms. The van der Waals surface area contributed by atoms with Crippen molar-refractivity contribution in [2.75, 3.05) is 0 Å². The zero-order valence-electron chi connectivity index (χ0n) is 12.2. The largest absolute Gasteiger partial charge is 0.0776 e. The molecule has 1 saturated carbocycles. The molecule has 1 aromatic carbocycles. The number of hydrogen-bond acceptors (Lipinski definition) is 0. The van der Waals surface area contributed by atoms with Gasteiger partial charge in [0.25, 0.3) is 0 Å². The highest BCUT2D eigenvalue weighted by molar-refractivity contribution is 5.29. The molecule has 0 nitrogen and oxygen atoms in total. The first-order valence-electron chi connectivity index (χ1n) is 7.18. The Morgan fingerprint density at radius 2 is 1.33 bits per heavy atom. The van der Waals surface area contributed by atoms with Gasteiger partial charge in [0, 0.05) is 0 Å². The van der Waals surface area contributed by atoms with Crippen molar-refractivity contribution in [1.29, 1.82) is 0 Å². The van der Waals surface area contributed by atoms with Gasteiger partial charge in [0.15, 0.2) is 0 Å². The number of hydrogen-bond donors (Lipinski definition) is 0. The first-order chi connectivity index (χ1) is 8.07. The van der Waals surface area contributed by atoms with Crippen LogP contribution < -0.4 is 0 Å². The standard InChI is InChI=1S/C15H22.C2H6.CH4/c1-15(2,3)14-10-8-13(9-11-14)12-6-4-5-7-12;1-2;/h8-12H,4-7H2,1-3H3;1-2H3;1H4. The van der Waals surface area contributed by atoms with Gasteiger partial charge >= 0.3 is 0 Å². The summed E-state index contributed by atoms with van der Waals surface area (Å²) in [6.45, 7) is 10.8. The average molecular weight is 248 g/mol. The topological polar surface area (TPSA) is 0 Å². The molecular formula is C18H32. The number of benzene rings is 1. The van der Waals surface area contributed by atoms with Crippen LogP contribution >= 0.6 is 0 Å². The SMILES string of the molecule is C.CC.CC(C)(C)c1ccc(C2CCCC2)cc1. The van der Waals surface area contributed by atoms with E-state index in [9.17, 15) is 0 Å². The molecule has 0 atom stereocenters. The second-order valence-electron chi connectivity index (χ2n) is 5.85. The highest BCUT2D eigenvalue weighted by Gasteiger charge is 2.18. The molecule has 0 N–H and O–H groups in total. The van der Waals surface area contributed by atoms with Crippen LogP contribution in [0.4, 0.5) is 0 Å². The van der Waals surface area contributed by atoms with E-state index in [0.29, 0.717) is 0 Å². The van der Waals surface area contributed by atoms with Gasteiger partial charge < -0.3 is 0 Å². The van der Waals surface area contributed by atoms with Crippen LogP contribution in [0.1, 0.15) is 84.8 Å². The Morgan fingerprint density at radius 1 is 0.889 bits per heavy atom. The van der Waals surface area contributed by atoms with Crippen molar-refractivity contribution in [2.45, 2.75) is 79.1 Å². The summed E-state index contributed by atoms with van der Waals surface area (Å²) in [5, 5.41) is 0. The van der Waals surface area contributed by atoms with E-state index in [2.05, 4.69) is 45.0 Å². The van der Waals surface area contributed by atoms with E-state index in [1.807, 2.05) is 13.8 Å². The van der Waals surface area contributed by atoms with E-state index in [0.717, 1.165) is 5.92 Å². The van der Waals surface area contributed by atoms with Crippen LogP contribution in [-0.4, -0.2) is 0 Å². The minimum atomic E-state index is 0. The van der Waals surface area contributed by atoms with Crippen molar-refractivity contribution in [3.05, 3.63) is 35.4 Å². The highest BCUT2D eigenvalue weighted by Crippen LogP contribution is 2.34. The van der Waals surface area contributed by atoms with E-state index < -0.39 is 0 Å². The minimum Gasteiger partial charge on any atom is -0.0776 e. The van der Waals surface area contributed by atoms with Gasteiger partial charge in [-0.05, 0) is 35.3 Å². The fourth-order valence-electron chi connectivity index (χ4n) is 2.51. The molecule has 0 aliphatic heterocycles. The Bertz CT molecular complexity index is 307. The van der Waals surface area contributed by atoms with Crippen molar-refractivity contribution in [2.24, 2.45) is 0 Å². The average Bonchev–Trinajstić information content (AvgIpc) is 2.84. The summed E-state index contributed by atoms with van der Waals surface area (Å²) in [5.41, 5.74) is 3.29. The fourth-order valence-corrected chi connectivity index (χ4v) is 2.51. The molecule has 0 spiro atoms. The summed E-state index contributed by atoms with van der Waals surface area (Å²) in [5.74, 6) is 0.846. The van der Waals surface area contributed by atoms with Crippen LogP contribution in [0.5, 0.6) is 0 Å². The zero-order valence-corrected chi connectivity index (χ0v) is 12.2. The van der Waals surface area contributed by atoms with Crippen LogP contribution in [0.2, 0.25) is 0 Å². The van der Waals surface area contributed by atoms with Gasteiger partial charge in [0.1, 0.15) is 0 Å². The van der Waals surface area contributed by atoms with Crippen molar-refractivity contribution >= 4 is 0 Å². The molecule has 1 aliphatic rings. The van der Waals surface area contributed by atoms with Gasteiger partial charge in [0.2, 0.25) is 0 Å². The Morgan fingerprint density at radius 3 is 1.72 bits per heavy atom. The van der Waals surface area contributed by atoms with Crippen LogP contribution in [0, 0.1) is 0 Å². The predicted molar refractivity (Wildman–Crippen MR) is 84.4 cm³/mol. The summed E-state index contributed by atoms with van der Waals surface area (Å²) in [6, 6.07) is 9.31. The Hall–Kier alpha value is -0.780. The molecule has 1 fully saturated rings. The second-order valence-corrected chi connectivity index (χ2v) is 5.85. The van der Waals surface area contributed by atoms with E-state index in [1.54, 1.807) is 5.56 Å². The van der Waals surface area contributed by atoms with Gasteiger partial charge in [-0.1, -0.05) is 79.2 Å². The summed E-state index contributed by atoms with van der Waals surface area (Å²) in [7, 11) is 0. The van der Waals surface area contributed by atoms with Crippen molar-refractivity contribution in [3.8, 4) is 0 Å². The van der Waals surface area contributed by atoms with Gasteiger partial charge in [-0.25, -0.2) is 0 Å². The molecule has 104 valence electrons. The fraction of sp³-hybridized carbons (Fsp3) is 0.667. The van der Waals surface area contributed by atoms with E-state index >= 15 is 0 Å². The smallest absolute Gasteiger partial charge is 0.0132 e. The first kappa shape index (κ1) is 17.2. The Balaban J connectivity index is 0.000000917. The molecule has 2 rings (SSSR count). The molecule has 0 radical (unpaired) electrons. The molecule has 0 unspecified atom stereocenters. The summed E-state index contributed by atoms with van der Waals surface area (Å²) in [6.07, 6.45) is 5.64. The maximum atomic E-state index is 2.34. The highest BCUT2D eigenvalue weighted by atomic mass is 14.2. The molecule has 0 heterocycles. The van der Waals surface area contributed by atoms with Crippen LogP contribution in [0.3, 0.4) is 0 Å². The van der Waals surface area contributed by atoms with Crippen LogP contribution in [0.25, 0.3) is 0 Å². The molecule has 0 amide bonds. The molecule has 0 saturated heterocycles. The van der Waals surface area contributed by atoms with Crippen molar-refractivity contribution in [3.63, 3.8) is 0 Å². The summed E-state index contributed by atoms with van der Waals surface area (Å²) >= 11 is 0. The summed E-state index contributed by atoms with van der Waals surface area (Å²) < 4.78 is 0. The molecule has 1 aliphatic carbocycles. The van der Waals surface area contributed by atoms with Crippen LogP contribution in [0.15, 0.2) is 24.3 Å². The molecule has 18 heavy (non-hydrogen) atoms. The van der Waals surface area contributed by atoms with Crippen LogP contribution in [-0.2, 0) is 5.41 Å². The monoisotopic (exact) mass is 248 g/mol. The molecule has 1 aromatic rings. The normalized spacial score (nSPS) is 15.6. The molecular weight excluding hydrogens is 216 g/mol. The van der Waals surface area contributed by atoms with Crippen molar-refractivity contribution in [1.82, 2.24) is 0 Å². The van der Waals surface area contributed by atoms with E-state index in [-0.39, 0.29) is 12.8 Å². The lowest BCUT2D eigenvalue weighted by Gasteiger charge is -2.20. The lowest BCUT2D eigenvalue weighted by atomic mass is 9.85. The Labute approximate surface area is 115 Å². The maximum Gasteiger partial charge on any atom is -0.0132 e. The van der Waals surface area contributed by atoms with E-state index in [1.165, 1.54) is 31.2 Å². The molecule has 0 aromatic heterocycles. The van der Waals surface area contributed by atoms with Gasteiger partial charge in [-0.2, -0.15) is 0 Å². The third-order valence-electron chi connectivity index (χ3n) is 3.60. The molecule has 0 bridgehead atoms. The third kappa shape index (κ3) is 4.48. The zero-order chi connectivity index (χ0) is 12.9. The third-order valence-corrected chi connectivity index (χ3v) is 3.60. The predicted octanol–water partition coefficient (Wildman–Crippen LogP) is 6.30.